The van der Waals surface area contributed by atoms with Crippen molar-refractivity contribution >= 4 is 11.6 Å². The minimum Gasteiger partial charge on any atom is -0.381 e. The van der Waals surface area contributed by atoms with Crippen molar-refractivity contribution in [2.45, 2.75) is 25.8 Å². The van der Waals surface area contributed by atoms with Gasteiger partial charge in [0.2, 0.25) is 0 Å². The summed E-state index contributed by atoms with van der Waals surface area (Å²) in [6, 6.07) is 4.45. The fraction of sp³-hybridized carbons (Fsp3) is 0.538. The van der Waals surface area contributed by atoms with Gasteiger partial charge in [0.25, 0.3) is 0 Å². The molecule has 1 aromatic rings. The van der Waals surface area contributed by atoms with E-state index >= 15 is 0 Å². The third kappa shape index (κ3) is 4.62. The fourth-order valence-electron chi connectivity index (χ4n) is 1.68. The van der Waals surface area contributed by atoms with Crippen molar-refractivity contribution in [2.75, 3.05) is 20.3 Å². The minimum atomic E-state index is -0.265. The SMILES string of the molecule is CCCOCCC(NC)c1cc(F)ccc1Cl. The van der Waals surface area contributed by atoms with Gasteiger partial charge < -0.3 is 10.1 Å². The highest BCUT2D eigenvalue weighted by molar-refractivity contribution is 6.31. The Bertz CT molecular complexity index is 346. The molecule has 0 bridgehead atoms. The number of ether oxygens (including phenoxy) is 1. The molecule has 1 N–H and O–H groups in total. The lowest BCUT2D eigenvalue weighted by Crippen LogP contribution is -2.19. The topological polar surface area (TPSA) is 21.3 Å². The monoisotopic (exact) mass is 259 g/mol. The van der Waals surface area contributed by atoms with Crippen molar-refractivity contribution in [2.24, 2.45) is 0 Å². The Balaban J connectivity index is 2.62. The van der Waals surface area contributed by atoms with Crippen LogP contribution in [0.15, 0.2) is 18.2 Å². The summed E-state index contributed by atoms with van der Waals surface area (Å²) in [6.45, 7) is 3.47. The number of halogens is 2. The Hall–Kier alpha value is -0.640. The van der Waals surface area contributed by atoms with Crippen molar-refractivity contribution in [1.82, 2.24) is 5.32 Å². The molecule has 0 saturated carbocycles. The first-order valence-corrected chi connectivity index (χ1v) is 6.26. The van der Waals surface area contributed by atoms with Crippen molar-refractivity contribution in [3.05, 3.63) is 34.6 Å². The molecule has 4 heteroatoms. The van der Waals surface area contributed by atoms with E-state index < -0.39 is 0 Å². The summed E-state index contributed by atoms with van der Waals surface area (Å²) in [6.07, 6.45) is 1.78. The molecule has 0 spiro atoms. The molecule has 0 amide bonds. The first-order chi connectivity index (χ1) is 8.19. The summed E-state index contributed by atoms with van der Waals surface area (Å²) in [5.41, 5.74) is 0.786. The van der Waals surface area contributed by atoms with E-state index in [0.717, 1.165) is 25.0 Å². The standard InChI is InChI=1S/C13H19ClFNO/c1-3-7-17-8-6-13(16-2)11-9-10(15)4-5-12(11)14/h4-5,9,13,16H,3,6-8H2,1-2H3. The summed E-state index contributed by atoms with van der Waals surface area (Å²) in [7, 11) is 1.84. The highest BCUT2D eigenvalue weighted by Crippen LogP contribution is 2.25. The van der Waals surface area contributed by atoms with E-state index in [9.17, 15) is 4.39 Å². The predicted molar refractivity (Wildman–Crippen MR) is 68.9 cm³/mol. The van der Waals surface area contributed by atoms with Gasteiger partial charge in [-0.1, -0.05) is 18.5 Å². The van der Waals surface area contributed by atoms with Crippen LogP contribution >= 0.6 is 11.6 Å². The second-order valence-corrected chi connectivity index (χ2v) is 4.32. The van der Waals surface area contributed by atoms with Gasteiger partial charge in [0.15, 0.2) is 0 Å². The first kappa shape index (κ1) is 14.4. The highest BCUT2D eigenvalue weighted by Gasteiger charge is 2.13. The average Bonchev–Trinajstić information content (AvgIpc) is 2.33. The van der Waals surface area contributed by atoms with Crippen LogP contribution < -0.4 is 5.32 Å². The zero-order chi connectivity index (χ0) is 12.7. The van der Waals surface area contributed by atoms with Crippen LogP contribution in [0.4, 0.5) is 4.39 Å². The van der Waals surface area contributed by atoms with Crippen LogP contribution in [0.1, 0.15) is 31.4 Å². The molecule has 1 atom stereocenters. The highest BCUT2D eigenvalue weighted by atomic mass is 35.5. The summed E-state index contributed by atoms with van der Waals surface area (Å²) in [5, 5.41) is 3.72. The van der Waals surface area contributed by atoms with Crippen LogP contribution in [0, 0.1) is 5.82 Å². The van der Waals surface area contributed by atoms with Gasteiger partial charge in [-0.15, -0.1) is 0 Å². The Morgan fingerprint density at radius 2 is 2.18 bits per heavy atom. The van der Waals surface area contributed by atoms with Crippen molar-refractivity contribution in [1.29, 1.82) is 0 Å². The maximum atomic E-state index is 13.2. The molecule has 0 heterocycles. The quantitative estimate of drug-likeness (QED) is 0.756. The molecule has 0 saturated heterocycles. The van der Waals surface area contributed by atoms with E-state index in [1.807, 2.05) is 7.05 Å². The van der Waals surface area contributed by atoms with Gasteiger partial charge in [-0.05, 0) is 43.7 Å². The third-order valence-corrected chi connectivity index (χ3v) is 2.93. The van der Waals surface area contributed by atoms with Gasteiger partial charge in [0, 0.05) is 24.3 Å². The van der Waals surface area contributed by atoms with Crippen molar-refractivity contribution < 1.29 is 9.13 Å². The number of rotatable bonds is 7. The van der Waals surface area contributed by atoms with Crippen LogP contribution in [0.5, 0.6) is 0 Å². The van der Waals surface area contributed by atoms with Gasteiger partial charge in [-0.2, -0.15) is 0 Å². The van der Waals surface area contributed by atoms with Crippen LogP contribution in [0.2, 0.25) is 5.02 Å². The van der Waals surface area contributed by atoms with Gasteiger partial charge in [-0.3, -0.25) is 0 Å². The molecule has 0 aliphatic carbocycles. The van der Waals surface area contributed by atoms with Gasteiger partial charge in [0.1, 0.15) is 5.82 Å². The molecule has 0 aliphatic heterocycles. The predicted octanol–water partition coefficient (Wildman–Crippen LogP) is 3.56. The van der Waals surface area contributed by atoms with E-state index in [0.29, 0.717) is 11.6 Å². The van der Waals surface area contributed by atoms with Crippen LogP contribution in [-0.2, 0) is 4.74 Å². The summed E-state index contributed by atoms with van der Waals surface area (Å²) in [4.78, 5) is 0. The number of benzene rings is 1. The normalized spacial score (nSPS) is 12.7. The molecule has 1 unspecified atom stereocenters. The second kappa shape index (κ2) is 7.64. The number of nitrogens with one attached hydrogen (secondary N) is 1. The number of hydrogen-bond acceptors (Lipinski definition) is 2. The first-order valence-electron chi connectivity index (χ1n) is 5.89. The zero-order valence-corrected chi connectivity index (χ0v) is 11.1. The largest absolute Gasteiger partial charge is 0.381 e. The molecule has 0 aliphatic rings. The van der Waals surface area contributed by atoms with Gasteiger partial charge >= 0.3 is 0 Å². The summed E-state index contributed by atoms with van der Waals surface area (Å²) < 4.78 is 18.6. The van der Waals surface area contributed by atoms with Crippen molar-refractivity contribution in [3.8, 4) is 0 Å². The molecular weight excluding hydrogens is 241 g/mol. The molecule has 0 radical (unpaired) electrons. The zero-order valence-electron chi connectivity index (χ0n) is 10.3. The average molecular weight is 260 g/mol. The van der Waals surface area contributed by atoms with E-state index in [4.69, 9.17) is 16.3 Å². The second-order valence-electron chi connectivity index (χ2n) is 3.91. The van der Waals surface area contributed by atoms with E-state index in [-0.39, 0.29) is 11.9 Å². The lowest BCUT2D eigenvalue weighted by molar-refractivity contribution is 0.125. The molecule has 1 aromatic carbocycles. The molecule has 2 nitrogen and oxygen atoms in total. The number of hydrogen-bond donors (Lipinski definition) is 1. The molecule has 0 aromatic heterocycles. The van der Waals surface area contributed by atoms with Gasteiger partial charge in [-0.25, -0.2) is 4.39 Å². The van der Waals surface area contributed by atoms with E-state index in [2.05, 4.69) is 12.2 Å². The Labute approximate surface area is 107 Å². The summed E-state index contributed by atoms with van der Waals surface area (Å²) in [5.74, 6) is -0.265. The van der Waals surface area contributed by atoms with Crippen molar-refractivity contribution in [3.63, 3.8) is 0 Å². The lowest BCUT2D eigenvalue weighted by Gasteiger charge is -2.18. The maximum Gasteiger partial charge on any atom is 0.123 e. The Morgan fingerprint density at radius 1 is 1.41 bits per heavy atom. The Kier molecular flexibility index (Phi) is 6.48. The minimum absolute atomic E-state index is 0.0232. The molecule has 0 fully saturated rings. The molecule has 17 heavy (non-hydrogen) atoms. The smallest absolute Gasteiger partial charge is 0.123 e. The fourth-order valence-corrected chi connectivity index (χ4v) is 1.93. The van der Waals surface area contributed by atoms with E-state index in [1.165, 1.54) is 12.1 Å². The van der Waals surface area contributed by atoms with E-state index in [1.54, 1.807) is 6.07 Å². The lowest BCUT2D eigenvalue weighted by atomic mass is 10.0. The van der Waals surface area contributed by atoms with Crippen LogP contribution in [0.25, 0.3) is 0 Å². The van der Waals surface area contributed by atoms with Gasteiger partial charge in [0.05, 0.1) is 0 Å². The molecule has 1 rings (SSSR count). The maximum absolute atomic E-state index is 13.2. The third-order valence-electron chi connectivity index (χ3n) is 2.58. The van der Waals surface area contributed by atoms with Crippen LogP contribution in [-0.4, -0.2) is 20.3 Å². The molecule has 96 valence electrons. The summed E-state index contributed by atoms with van der Waals surface area (Å²) >= 11 is 6.06. The Morgan fingerprint density at radius 3 is 2.82 bits per heavy atom. The van der Waals surface area contributed by atoms with Crippen LogP contribution in [0.3, 0.4) is 0 Å². The molecular formula is C13H19ClFNO.